The second-order valence-corrected chi connectivity index (χ2v) is 3.92. The van der Waals surface area contributed by atoms with Crippen LogP contribution in [-0.2, 0) is 11.0 Å². The third kappa shape index (κ3) is 2.72. The first-order valence-electron chi connectivity index (χ1n) is 5.24. The number of esters is 1. The van der Waals surface area contributed by atoms with Crippen LogP contribution in [0.15, 0.2) is 12.3 Å². The van der Waals surface area contributed by atoms with Gasteiger partial charge in [0.1, 0.15) is 11.3 Å². The molecule has 1 aliphatic rings. The van der Waals surface area contributed by atoms with Gasteiger partial charge in [0.05, 0.1) is 19.2 Å². The van der Waals surface area contributed by atoms with Gasteiger partial charge >= 0.3 is 12.1 Å². The first-order valence-corrected chi connectivity index (χ1v) is 5.24. The highest BCUT2D eigenvalue weighted by Gasteiger charge is 2.37. The number of rotatable bonds is 3. The number of hydrogen-bond donors (Lipinski definition) is 0. The molecule has 1 fully saturated rings. The Bertz CT molecular complexity index is 469. The van der Waals surface area contributed by atoms with Crippen LogP contribution in [0, 0.1) is 5.92 Å². The molecule has 0 aliphatic heterocycles. The zero-order valence-electron chi connectivity index (χ0n) is 9.45. The zero-order chi connectivity index (χ0) is 13.3. The summed E-state index contributed by atoms with van der Waals surface area (Å²) >= 11 is 0. The van der Waals surface area contributed by atoms with E-state index in [1.165, 1.54) is 0 Å². The van der Waals surface area contributed by atoms with Crippen molar-refractivity contribution in [2.45, 2.75) is 19.0 Å². The highest BCUT2D eigenvalue weighted by Crippen LogP contribution is 2.37. The van der Waals surface area contributed by atoms with Gasteiger partial charge in [0.2, 0.25) is 5.88 Å². The van der Waals surface area contributed by atoms with E-state index in [4.69, 9.17) is 4.74 Å². The lowest BCUT2D eigenvalue weighted by molar-refractivity contribution is -0.140. The van der Waals surface area contributed by atoms with Gasteiger partial charge in [-0.15, -0.1) is 0 Å². The molecule has 0 N–H and O–H groups in total. The van der Waals surface area contributed by atoms with E-state index < -0.39 is 23.6 Å². The maximum absolute atomic E-state index is 12.7. The fraction of sp³-hybridized carbons (Fsp3) is 0.455. The highest BCUT2D eigenvalue weighted by atomic mass is 19.4. The average molecular weight is 261 g/mol. The fourth-order valence-corrected chi connectivity index (χ4v) is 1.37. The lowest BCUT2D eigenvalue weighted by atomic mass is 10.2. The van der Waals surface area contributed by atoms with Crippen LogP contribution in [0.5, 0.6) is 11.6 Å². The Kier molecular flexibility index (Phi) is 3.14. The quantitative estimate of drug-likeness (QED) is 0.784. The van der Waals surface area contributed by atoms with E-state index in [2.05, 4.69) is 9.72 Å². The van der Waals surface area contributed by atoms with Gasteiger partial charge in [0.15, 0.2) is 0 Å². The minimum atomic E-state index is -4.61. The second-order valence-electron chi connectivity index (χ2n) is 3.92. The van der Waals surface area contributed by atoms with Gasteiger partial charge in [-0.25, -0.2) is 4.98 Å². The molecule has 1 heterocycles. The van der Waals surface area contributed by atoms with Crippen molar-refractivity contribution >= 4 is 5.97 Å². The third-order valence-electron chi connectivity index (χ3n) is 2.45. The van der Waals surface area contributed by atoms with Crippen LogP contribution < -0.4 is 9.47 Å². The van der Waals surface area contributed by atoms with E-state index in [-0.39, 0.29) is 11.7 Å². The molecular formula is C11H10F3NO3. The largest absolute Gasteiger partial charge is 0.481 e. The minimum absolute atomic E-state index is 0.193. The summed E-state index contributed by atoms with van der Waals surface area (Å²) in [4.78, 5) is 14.8. The molecule has 1 saturated carbocycles. The molecule has 0 saturated heterocycles. The Balaban J connectivity index is 2.24. The first-order chi connectivity index (χ1) is 8.41. The summed E-state index contributed by atoms with van der Waals surface area (Å²) in [6.45, 7) is 0. The van der Waals surface area contributed by atoms with Gasteiger partial charge in [-0.05, 0) is 12.8 Å². The van der Waals surface area contributed by atoms with Gasteiger partial charge < -0.3 is 9.47 Å². The average Bonchev–Trinajstić information content (AvgIpc) is 3.11. The van der Waals surface area contributed by atoms with Gasteiger partial charge in [-0.2, -0.15) is 13.2 Å². The zero-order valence-corrected chi connectivity index (χ0v) is 9.45. The van der Waals surface area contributed by atoms with Crippen molar-refractivity contribution in [1.82, 2.24) is 4.98 Å². The van der Waals surface area contributed by atoms with Crippen molar-refractivity contribution in [1.29, 1.82) is 0 Å². The number of methoxy groups -OCH3 is 1. The number of carbonyl (C=O) groups is 1. The summed E-state index contributed by atoms with van der Waals surface area (Å²) in [6, 6.07) is 0.714. The topological polar surface area (TPSA) is 48.4 Å². The number of halogens is 3. The highest BCUT2D eigenvalue weighted by molar-refractivity contribution is 5.77. The van der Waals surface area contributed by atoms with E-state index >= 15 is 0 Å². The molecule has 0 amide bonds. The molecule has 98 valence electrons. The molecule has 0 bridgehead atoms. The molecule has 0 aromatic carbocycles. The first kappa shape index (κ1) is 12.7. The predicted octanol–water partition coefficient (Wildman–Crippen LogP) is 2.42. The number of alkyl halides is 3. The Morgan fingerprint density at radius 1 is 1.44 bits per heavy atom. The van der Waals surface area contributed by atoms with Crippen LogP contribution in [0.1, 0.15) is 18.4 Å². The maximum atomic E-state index is 12.7. The summed E-state index contributed by atoms with van der Waals surface area (Å²) in [5.74, 6) is -1.48. The van der Waals surface area contributed by atoms with E-state index in [1.54, 1.807) is 0 Å². The van der Waals surface area contributed by atoms with Crippen molar-refractivity contribution in [3.05, 3.63) is 17.8 Å². The Hall–Kier alpha value is -1.79. The van der Waals surface area contributed by atoms with Crippen molar-refractivity contribution in [2.24, 2.45) is 5.92 Å². The normalized spacial score (nSPS) is 15.3. The van der Waals surface area contributed by atoms with E-state index in [1.807, 2.05) is 0 Å². The summed E-state index contributed by atoms with van der Waals surface area (Å²) < 4.78 is 47.3. The molecule has 0 spiro atoms. The molecule has 0 unspecified atom stereocenters. The van der Waals surface area contributed by atoms with Crippen LogP contribution >= 0.6 is 0 Å². The van der Waals surface area contributed by atoms with Gasteiger partial charge in [-0.1, -0.05) is 0 Å². The number of aromatic nitrogens is 1. The lowest BCUT2D eigenvalue weighted by Crippen LogP contribution is -2.13. The summed E-state index contributed by atoms with van der Waals surface area (Å²) in [5.41, 5.74) is -1.06. The predicted molar refractivity (Wildman–Crippen MR) is 54.2 cm³/mol. The van der Waals surface area contributed by atoms with E-state index in [0.29, 0.717) is 18.9 Å². The van der Waals surface area contributed by atoms with E-state index in [0.717, 1.165) is 13.3 Å². The molecule has 1 aromatic heterocycles. The van der Waals surface area contributed by atoms with Crippen LogP contribution in [0.3, 0.4) is 0 Å². The number of hydrogen-bond acceptors (Lipinski definition) is 4. The van der Waals surface area contributed by atoms with Crippen molar-refractivity contribution < 1.29 is 27.4 Å². The number of carbonyl (C=O) groups excluding carboxylic acids is 1. The Labute approximate surface area is 101 Å². The number of pyridine rings is 1. The second kappa shape index (κ2) is 4.47. The summed E-state index contributed by atoms with van der Waals surface area (Å²) in [7, 11) is 1.09. The monoisotopic (exact) mass is 261 g/mol. The minimum Gasteiger partial charge on any atom is -0.481 e. The fourth-order valence-electron chi connectivity index (χ4n) is 1.37. The van der Waals surface area contributed by atoms with Crippen molar-refractivity contribution in [3.63, 3.8) is 0 Å². The van der Waals surface area contributed by atoms with Crippen molar-refractivity contribution in [3.8, 4) is 11.6 Å². The summed E-state index contributed by atoms with van der Waals surface area (Å²) in [5, 5.41) is 0. The molecule has 18 heavy (non-hydrogen) atoms. The van der Waals surface area contributed by atoms with Crippen LogP contribution in [0.2, 0.25) is 0 Å². The lowest BCUT2D eigenvalue weighted by Gasteiger charge is -2.12. The number of nitrogens with zero attached hydrogens (tertiary/aromatic N) is 1. The Morgan fingerprint density at radius 3 is 2.61 bits per heavy atom. The van der Waals surface area contributed by atoms with Gasteiger partial charge in [0, 0.05) is 6.07 Å². The Morgan fingerprint density at radius 2 is 2.11 bits per heavy atom. The van der Waals surface area contributed by atoms with E-state index in [9.17, 15) is 18.0 Å². The molecular weight excluding hydrogens is 251 g/mol. The molecule has 1 aromatic rings. The number of ether oxygens (including phenoxy) is 2. The van der Waals surface area contributed by atoms with Crippen LogP contribution in [0.4, 0.5) is 13.2 Å². The molecule has 1 aliphatic carbocycles. The molecule has 0 radical (unpaired) electrons. The molecule has 2 rings (SSSR count). The van der Waals surface area contributed by atoms with Crippen LogP contribution in [-0.4, -0.2) is 18.1 Å². The smallest absolute Gasteiger partial charge is 0.421 e. The van der Waals surface area contributed by atoms with Gasteiger partial charge in [0.25, 0.3) is 0 Å². The van der Waals surface area contributed by atoms with Gasteiger partial charge in [-0.3, -0.25) is 4.79 Å². The SMILES string of the molecule is COc1ncc(OC(=O)C2CC2)cc1C(F)(F)F. The molecule has 0 atom stereocenters. The summed E-state index contributed by atoms with van der Waals surface area (Å²) in [6.07, 6.45) is -2.14. The maximum Gasteiger partial charge on any atom is 0.421 e. The van der Waals surface area contributed by atoms with Crippen LogP contribution in [0.25, 0.3) is 0 Å². The standard InChI is InChI=1S/C11H10F3NO3/c1-17-9-8(11(12,13)14)4-7(5-15-9)18-10(16)6-2-3-6/h4-6H,2-3H2,1H3. The molecule has 4 nitrogen and oxygen atoms in total. The third-order valence-corrected chi connectivity index (χ3v) is 2.45. The molecule has 7 heteroatoms. The van der Waals surface area contributed by atoms with Crippen molar-refractivity contribution in [2.75, 3.05) is 7.11 Å².